The zero-order chi connectivity index (χ0) is 18.1. The molecule has 0 N–H and O–H groups in total. The van der Waals surface area contributed by atoms with Crippen LogP contribution in [0.1, 0.15) is 5.56 Å². The van der Waals surface area contributed by atoms with Crippen LogP contribution in [0.3, 0.4) is 0 Å². The van der Waals surface area contributed by atoms with E-state index in [0.717, 1.165) is 10.6 Å². The van der Waals surface area contributed by atoms with Crippen molar-refractivity contribution in [2.24, 2.45) is 0 Å². The fourth-order valence-electron chi connectivity index (χ4n) is 2.41. The summed E-state index contributed by atoms with van der Waals surface area (Å²) in [7, 11) is -2.06. The van der Waals surface area contributed by atoms with E-state index in [-0.39, 0.29) is 0 Å². The van der Waals surface area contributed by atoms with Gasteiger partial charge in [-0.15, -0.1) is 0 Å². The van der Waals surface area contributed by atoms with E-state index in [9.17, 15) is 4.57 Å². The molecule has 0 saturated heterocycles. The van der Waals surface area contributed by atoms with E-state index in [1.807, 2.05) is 60.7 Å². The van der Waals surface area contributed by atoms with Crippen LogP contribution in [0.4, 0.5) is 0 Å². The Morgan fingerprint density at radius 2 is 1.00 bits per heavy atom. The molecular weight excluding hydrogens is 342 g/mol. The number of rotatable bonds is 4. The molecule has 0 aliphatic carbocycles. The summed E-state index contributed by atoms with van der Waals surface area (Å²) in [6, 6.07) is 29.8. The molecule has 0 heterocycles. The van der Waals surface area contributed by atoms with Gasteiger partial charge in [0.05, 0.1) is 6.16 Å². The van der Waals surface area contributed by atoms with Gasteiger partial charge in [0.15, 0.2) is 10.6 Å². The average Bonchev–Trinajstić information content (AvgIpc) is 2.63. The van der Waals surface area contributed by atoms with Gasteiger partial charge in [-0.25, -0.2) is 0 Å². The highest BCUT2D eigenvalue weighted by Crippen LogP contribution is 2.49. The highest BCUT2D eigenvalue weighted by atomic mass is 31.2. The van der Waals surface area contributed by atoms with Crippen LogP contribution < -0.4 is 10.6 Å². The van der Waals surface area contributed by atoms with Crippen molar-refractivity contribution in [1.29, 1.82) is 0 Å². The monoisotopic (exact) mass is 368 g/mol. The Morgan fingerprint density at radius 1 is 0.640 bits per heavy atom. The third-order valence-electron chi connectivity index (χ3n) is 3.48. The van der Waals surface area contributed by atoms with Gasteiger partial charge in [-0.1, -0.05) is 71.3 Å². The summed E-state index contributed by atoms with van der Waals surface area (Å²) >= 11 is 0. The molecule has 3 aromatic carbocycles. The smallest absolute Gasteiger partial charge is 0.0622 e. The van der Waals surface area contributed by atoms with E-state index in [1.165, 1.54) is 11.7 Å². The molecule has 1 nitrogen and oxygen atoms in total. The second-order valence-corrected chi connectivity index (χ2v) is 13.4. The summed E-state index contributed by atoms with van der Waals surface area (Å²) in [5.74, 6) is 0. The molecule has 3 aromatic rings. The van der Waals surface area contributed by atoms with Crippen molar-refractivity contribution in [1.82, 2.24) is 0 Å². The van der Waals surface area contributed by atoms with Crippen LogP contribution in [0, 0.1) is 0 Å². The molecule has 0 bridgehead atoms. The summed E-state index contributed by atoms with van der Waals surface area (Å²) in [4.78, 5) is 0. The van der Waals surface area contributed by atoms with Crippen molar-refractivity contribution < 1.29 is 4.57 Å². The van der Waals surface area contributed by atoms with E-state index in [2.05, 4.69) is 50.3 Å². The van der Waals surface area contributed by atoms with Crippen molar-refractivity contribution in [3.05, 3.63) is 96.6 Å². The fraction of sp³-hybridized carbons (Fsp3) is 0.182. The van der Waals surface area contributed by atoms with Gasteiger partial charge in [0.2, 0.25) is 0 Å². The lowest BCUT2D eigenvalue weighted by molar-refractivity contribution is 0.598. The molecule has 0 spiro atoms. The first-order valence-corrected chi connectivity index (χ1v) is 12.9. The molecule has 3 rings (SSSR count). The standard InChI is InChI=1S/C12H10OP.C10H16P/c13-14(11-7-3-1-4-8-11)12-9-5-2-6-10-12;1-11(2,3)9-10-7-5-4-6-8-10/h1-10H;4-8H,9H2,1-3H3/q2*+1. The van der Waals surface area contributed by atoms with Crippen molar-refractivity contribution in [3.63, 3.8) is 0 Å². The zero-order valence-electron chi connectivity index (χ0n) is 15.2. The molecule has 3 heteroatoms. The maximum absolute atomic E-state index is 12.0. The lowest BCUT2D eigenvalue weighted by Crippen LogP contribution is -2.04. The van der Waals surface area contributed by atoms with E-state index >= 15 is 0 Å². The molecule has 0 amide bonds. The van der Waals surface area contributed by atoms with Crippen molar-refractivity contribution in [3.8, 4) is 0 Å². The van der Waals surface area contributed by atoms with E-state index < -0.39 is 15.1 Å². The van der Waals surface area contributed by atoms with Gasteiger partial charge in [0.25, 0.3) is 0 Å². The second kappa shape index (κ2) is 9.62. The molecule has 0 atom stereocenters. The van der Waals surface area contributed by atoms with Gasteiger partial charge >= 0.3 is 7.80 Å². The largest absolute Gasteiger partial charge is 0.415 e. The molecule has 0 fully saturated rings. The summed E-state index contributed by atoms with van der Waals surface area (Å²) in [5, 5.41) is 1.77. The lowest BCUT2D eigenvalue weighted by atomic mass is 10.2. The molecular formula is C22H26OP2+2. The maximum Gasteiger partial charge on any atom is 0.415 e. The average molecular weight is 368 g/mol. The minimum Gasteiger partial charge on any atom is -0.0622 e. The molecule has 0 saturated carbocycles. The topological polar surface area (TPSA) is 17.1 Å². The quantitative estimate of drug-likeness (QED) is 0.551. The first kappa shape index (κ1) is 19.5. The molecule has 0 aliphatic heterocycles. The number of hydrogen-bond donors (Lipinski definition) is 0. The minimum atomic E-state index is -1.42. The van der Waals surface area contributed by atoms with Crippen molar-refractivity contribution >= 4 is 25.7 Å². The van der Waals surface area contributed by atoms with Crippen LogP contribution in [0.2, 0.25) is 0 Å². The lowest BCUT2D eigenvalue weighted by Gasteiger charge is -2.10. The number of benzene rings is 3. The Bertz CT molecular complexity index is 722. The summed E-state index contributed by atoms with van der Waals surface area (Å²) in [6.07, 6.45) is 1.27. The predicted octanol–water partition coefficient (Wildman–Crippen LogP) is 5.56. The molecule has 0 radical (unpaired) electrons. The van der Waals surface area contributed by atoms with Gasteiger partial charge in [0, 0.05) is 27.3 Å². The van der Waals surface area contributed by atoms with Gasteiger partial charge in [-0.2, -0.15) is 0 Å². The van der Waals surface area contributed by atoms with Crippen molar-refractivity contribution in [2.45, 2.75) is 6.16 Å². The van der Waals surface area contributed by atoms with Crippen LogP contribution in [-0.4, -0.2) is 20.0 Å². The first-order valence-electron chi connectivity index (χ1n) is 8.37. The fourth-order valence-corrected chi connectivity index (χ4v) is 4.90. The number of hydrogen-bond acceptors (Lipinski definition) is 1. The van der Waals surface area contributed by atoms with E-state index in [4.69, 9.17) is 0 Å². The molecule has 0 aliphatic rings. The Hall–Kier alpha value is -1.81. The van der Waals surface area contributed by atoms with Gasteiger partial charge in [-0.3, -0.25) is 0 Å². The summed E-state index contributed by atoms with van der Waals surface area (Å²) in [6.45, 7) is 7.12. The molecule has 128 valence electrons. The van der Waals surface area contributed by atoms with Gasteiger partial charge < -0.3 is 0 Å². The highest BCUT2D eigenvalue weighted by Gasteiger charge is 2.21. The first-order chi connectivity index (χ1) is 12.0. The van der Waals surface area contributed by atoms with Gasteiger partial charge in [-0.05, 0) is 29.8 Å². The van der Waals surface area contributed by atoms with E-state index in [0.29, 0.717) is 0 Å². The van der Waals surface area contributed by atoms with Crippen LogP contribution in [0.25, 0.3) is 0 Å². The molecule has 0 aromatic heterocycles. The maximum atomic E-state index is 12.0. The van der Waals surface area contributed by atoms with Crippen LogP contribution in [-0.2, 0) is 10.7 Å². The van der Waals surface area contributed by atoms with Crippen LogP contribution >= 0.6 is 15.1 Å². The summed E-state index contributed by atoms with van der Waals surface area (Å²) in [5.41, 5.74) is 1.48. The summed E-state index contributed by atoms with van der Waals surface area (Å²) < 4.78 is 12.0. The second-order valence-electron chi connectivity index (χ2n) is 6.90. The Kier molecular flexibility index (Phi) is 7.51. The zero-order valence-corrected chi connectivity index (χ0v) is 17.0. The minimum absolute atomic E-state index is 0.638. The SMILES string of the molecule is C[P+](C)(C)Cc1ccccc1.O=[P+](c1ccccc1)c1ccccc1. The Balaban J connectivity index is 0.000000186. The Labute approximate surface area is 153 Å². The molecule has 0 unspecified atom stereocenters. The molecule has 25 heavy (non-hydrogen) atoms. The van der Waals surface area contributed by atoms with Crippen LogP contribution in [0.5, 0.6) is 0 Å². The highest BCUT2D eigenvalue weighted by molar-refractivity contribution is 7.73. The van der Waals surface area contributed by atoms with Crippen molar-refractivity contribution in [2.75, 3.05) is 20.0 Å². The van der Waals surface area contributed by atoms with Crippen LogP contribution in [0.15, 0.2) is 91.0 Å². The third kappa shape index (κ3) is 7.30. The van der Waals surface area contributed by atoms with Gasteiger partial charge in [0.1, 0.15) is 0 Å². The third-order valence-corrected chi connectivity index (χ3v) is 6.33. The Morgan fingerprint density at radius 3 is 1.36 bits per heavy atom. The normalized spacial score (nSPS) is 10.5. The van der Waals surface area contributed by atoms with E-state index in [1.54, 1.807) is 0 Å². The predicted molar refractivity (Wildman–Crippen MR) is 115 cm³/mol.